The Morgan fingerprint density at radius 1 is 1.05 bits per heavy atom. The van der Waals surface area contributed by atoms with Crippen molar-refractivity contribution in [3.63, 3.8) is 0 Å². The van der Waals surface area contributed by atoms with Gasteiger partial charge in [-0.05, 0) is 36.4 Å². The third-order valence-electron chi connectivity index (χ3n) is 2.89. The first-order valence-corrected chi connectivity index (χ1v) is 5.98. The van der Waals surface area contributed by atoms with E-state index in [1.165, 1.54) is 0 Å². The highest BCUT2D eigenvalue weighted by molar-refractivity contribution is 5.98. The average molecular weight is 251 g/mol. The fourth-order valence-corrected chi connectivity index (χ4v) is 1.96. The van der Waals surface area contributed by atoms with Gasteiger partial charge in [-0.3, -0.25) is 4.98 Å². The summed E-state index contributed by atoms with van der Waals surface area (Å²) in [6.45, 7) is 0.613. The minimum absolute atomic E-state index is 0.613. The summed E-state index contributed by atoms with van der Waals surface area (Å²) in [6, 6.07) is 11.5. The third kappa shape index (κ3) is 2.30. The normalized spacial score (nSPS) is 10.5. The standard InChI is InChI=1S/C14H13N5/c15-12-5-6-13(11-4-2-7-16-14(11)12)17-9-10-3-1-8-18-19-10/h1-8,17H,9,15H2. The van der Waals surface area contributed by atoms with Gasteiger partial charge in [0.25, 0.3) is 0 Å². The van der Waals surface area contributed by atoms with Gasteiger partial charge in [-0.25, -0.2) is 0 Å². The molecule has 0 amide bonds. The molecule has 0 aliphatic heterocycles. The lowest BCUT2D eigenvalue weighted by Crippen LogP contribution is -2.03. The van der Waals surface area contributed by atoms with Crippen LogP contribution in [0.3, 0.4) is 0 Å². The number of anilines is 2. The molecule has 0 fully saturated rings. The van der Waals surface area contributed by atoms with Gasteiger partial charge < -0.3 is 11.1 Å². The summed E-state index contributed by atoms with van der Waals surface area (Å²) in [4.78, 5) is 4.30. The highest BCUT2D eigenvalue weighted by Gasteiger charge is 2.04. The van der Waals surface area contributed by atoms with Gasteiger partial charge in [-0.15, -0.1) is 0 Å². The number of nitrogens with zero attached hydrogens (tertiary/aromatic N) is 3. The Bertz CT molecular complexity index is 697. The number of nitrogen functional groups attached to an aromatic ring is 1. The molecule has 0 radical (unpaired) electrons. The van der Waals surface area contributed by atoms with Crippen molar-refractivity contribution in [2.24, 2.45) is 0 Å². The van der Waals surface area contributed by atoms with E-state index in [2.05, 4.69) is 20.5 Å². The first kappa shape index (κ1) is 11.4. The monoisotopic (exact) mass is 251 g/mol. The summed E-state index contributed by atoms with van der Waals surface area (Å²) in [5.74, 6) is 0. The molecule has 2 aromatic heterocycles. The van der Waals surface area contributed by atoms with Crippen molar-refractivity contribution in [1.82, 2.24) is 15.2 Å². The summed E-state index contributed by atoms with van der Waals surface area (Å²) >= 11 is 0. The SMILES string of the molecule is Nc1ccc(NCc2cccnn2)c2cccnc12. The number of pyridine rings is 1. The zero-order chi connectivity index (χ0) is 13.1. The maximum atomic E-state index is 5.92. The summed E-state index contributed by atoms with van der Waals surface area (Å²) < 4.78 is 0. The largest absolute Gasteiger partial charge is 0.397 e. The van der Waals surface area contributed by atoms with Gasteiger partial charge in [0.1, 0.15) is 0 Å². The molecule has 3 N–H and O–H groups in total. The third-order valence-corrected chi connectivity index (χ3v) is 2.89. The molecule has 0 bridgehead atoms. The van der Waals surface area contributed by atoms with Crippen molar-refractivity contribution >= 4 is 22.3 Å². The molecule has 94 valence electrons. The van der Waals surface area contributed by atoms with E-state index in [0.29, 0.717) is 12.2 Å². The lowest BCUT2D eigenvalue weighted by Gasteiger charge is -2.10. The van der Waals surface area contributed by atoms with E-state index in [0.717, 1.165) is 22.3 Å². The van der Waals surface area contributed by atoms with Crippen LogP contribution in [-0.2, 0) is 6.54 Å². The quantitative estimate of drug-likeness (QED) is 0.698. The summed E-state index contributed by atoms with van der Waals surface area (Å²) in [5, 5.41) is 12.2. The lowest BCUT2D eigenvalue weighted by atomic mass is 10.1. The first-order chi connectivity index (χ1) is 9.34. The molecule has 0 atom stereocenters. The Hall–Kier alpha value is -2.69. The average Bonchev–Trinajstić information content (AvgIpc) is 2.48. The van der Waals surface area contributed by atoms with E-state index in [1.54, 1.807) is 12.4 Å². The number of benzene rings is 1. The van der Waals surface area contributed by atoms with Crippen LogP contribution in [0.1, 0.15) is 5.69 Å². The van der Waals surface area contributed by atoms with E-state index >= 15 is 0 Å². The Kier molecular flexibility index (Phi) is 2.94. The molecule has 3 aromatic rings. The fraction of sp³-hybridized carbons (Fsp3) is 0.0714. The van der Waals surface area contributed by atoms with Crippen LogP contribution in [0.5, 0.6) is 0 Å². The van der Waals surface area contributed by atoms with Gasteiger partial charge in [0.05, 0.1) is 23.4 Å². The van der Waals surface area contributed by atoms with Crippen molar-refractivity contribution in [2.45, 2.75) is 6.54 Å². The van der Waals surface area contributed by atoms with Crippen LogP contribution in [0, 0.1) is 0 Å². The number of fused-ring (bicyclic) bond motifs is 1. The molecule has 0 saturated carbocycles. The zero-order valence-corrected chi connectivity index (χ0v) is 10.2. The van der Waals surface area contributed by atoms with Crippen LogP contribution in [-0.4, -0.2) is 15.2 Å². The predicted octanol–water partition coefficient (Wildman–Crippen LogP) is 2.22. The van der Waals surface area contributed by atoms with Crippen molar-refractivity contribution in [3.05, 3.63) is 54.5 Å². The van der Waals surface area contributed by atoms with Gasteiger partial charge in [-0.1, -0.05) is 0 Å². The summed E-state index contributed by atoms with van der Waals surface area (Å²) in [7, 11) is 0. The van der Waals surface area contributed by atoms with Gasteiger partial charge in [0.15, 0.2) is 0 Å². The Labute approximate surface area is 110 Å². The Morgan fingerprint density at radius 2 is 1.95 bits per heavy atom. The first-order valence-electron chi connectivity index (χ1n) is 5.98. The molecular formula is C14H13N5. The lowest BCUT2D eigenvalue weighted by molar-refractivity contribution is 0.926. The van der Waals surface area contributed by atoms with Crippen LogP contribution in [0.15, 0.2) is 48.8 Å². The van der Waals surface area contributed by atoms with Crippen LogP contribution in [0.2, 0.25) is 0 Å². The predicted molar refractivity (Wildman–Crippen MR) is 75.5 cm³/mol. The summed E-state index contributed by atoms with van der Waals surface area (Å²) in [6.07, 6.45) is 3.40. The van der Waals surface area contributed by atoms with Crippen LogP contribution in [0.4, 0.5) is 11.4 Å². The highest BCUT2D eigenvalue weighted by atomic mass is 15.1. The number of rotatable bonds is 3. The van der Waals surface area contributed by atoms with Gasteiger partial charge in [0, 0.05) is 23.5 Å². The minimum atomic E-state index is 0.613. The van der Waals surface area contributed by atoms with Crippen molar-refractivity contribution in [1.29, 1.82) is 0 Å². The molecule has 0 aliphatic carbocycles. The molecule has 2 heterocycles. The maximum absolute atomic E-state index is 5.92. The molecule has 5 nitrogen and oxygen atoms in total. The number of nitrogens with two attached hydrogens (primary N) is 1. The van der Waals surface area contributed by atoms with Gasteiger partial charge in [-0.2, -0.15) is 10.2 Å². The molecule has 0 saturated heterocycles. The molecule has 19 heavy (non-hydrogen) atoms. The molecular weight excluding hydrogens is 238 g/mol. The van der Waals surface area contributed by atoms with Crippen molar-refractivity contribution in [3.8, 4) is 0 Å². The number of aromatic nitrogens is 3. The maximum Gasteiger partial charge on any atom is 0.0951 e. The second-order valence-corrected chi connectivity index (χ2v) is 4.17. The smallest absolute Gasteiger partial charge is 0.0951 e. The van der Waals surface area contributed by atoms with E-state index < -0.39 is 0 Å². The molecule has 3 rings (SSSR count). The van der Waals surface area contributed by atoms with Gasteiger partial charge >= 0.3 is 0 Å². The Morgan fingerprint density at radius 3 is 2.79 bits per heavy atom. The number of nitrogens with one attached hydrogen (secondary N) is 1. The fourth-order valence-electron chi connectivity index (χ4n) is 1.96. The topological polar surface area (TPSA) is 76.7 Å². The van der Waals surface area contributed by atoms with Crippen molar-refractivity contribution < 1.29 is 0 Å². The molecule has 5 heteroatoms. The second kappa shape index (κ2) is 4.89. The van der Waals surface area contributed by atoms with E-state index in [9.17, 15) is 0 Å². The zero-order valence-electron chi connectivity index (χ0n) is 10.2. The van der Waals surface area contributed by atoms with E-state index in [1.807, 2.05) is 36.4 Å². The molecule has 0 spiro atoms. The molecule has 1 aromatic carbocycles. The number of hydrogen-bond acceptors (Lipinski definition) is 5. The van der Waals surface area contributed by atoms with Crippen LogP contribution < -0.4 is 11.1 Å². The van der Waals surface area contributed by atoms with E-state index in [-0.39, 0.29) is 0 Å². The summed E-state index contributed by atoms with van der Waals surface area (Å²) in [5.41, 5.74) is 9.29. The molecule has 0 aliphatic rings. The van der Waals surface area contributed by atoms with Crippen LogP contribution >= 0.6 is 0 Å². The minimum Gasteiger partial charge on any atom is -0.397 e. The van der Waals surface area contributed by atoms with Crippen molar-refractivity contribution in [2.75, 3.05) is 11.1 Å². The van der Waals surface area contributed by atoms with E-state index in [4.69, 9.17) is 5.73 Å². The van der Waals surface area contributed by atoms with Crippen LogP contribution in [0.25, 0.3) is 10.9 Å². The molecule has 0 unspecified atom stereocenters. The second-order valence-electron chi connectivity index (χ2n) is 4.17. The number of hydrogen-bond donors (Lipinski definition) is 2. The Balaban J connectivity index is 1.91. The van der Waals surface area contributed by atoms with Gasteiger partial charge in [0.2, 0.25) is 0 Å². The highest BCUT2D eigenvalue weighted by Crippen LogP contribution is 2.26.